The lowest BCUT2D eigenvalue weighted by molar-refractivity contribution is 0.349. The van der Waals surface area contributed by atoms with Crippen LogP contribution in [0, 0.1) is 0 Å². The van der Waals surface area contributed by atoms with Gasteiger partial charge in [-0.15, -0.1) is 0 Å². The van der Waals surface area contributed by atoms with E-state index < -0.39 is 0 Å². The molecule has 1 fully saturated rings. The van der Waals surface area contributed by atoms with Crippen molar-refractivity contribution >= 4 is 21.6 Å². The minimum absolute atomic E-state index is 0.406. The number of likely N-dealkylation sites (N-methyl/N-ethyl adjacent to an activating group) is 1. The van der Waals surface area contributed by atoms with Crippen LogP contribution in [-0.4, -0.2) is 30.2 Å². The molecular formula is C8H12BrN3O. The number of hydrogen-bond acceptors (Lipinski definition) is 4. The molecule has 1 aromatic rings. The molecule has 1 aliphatic heterocycles. The molecule has 1 atom stereocenters. The highest BCUT2D eigenvalue weighted by Crippen LogP contribution is 2.33. The van der Waals surface area contributed by atoms with E-state index in [1.54, 1.807) is 0 Å². The van der Waals surface area contributed by atoms with E-state index in [2.05, 4.69) is 33.0 Å². The summed E-state index contributed by atoms with van der Waals surface area (Å²) in [6.45, 7) is 2.11. The van der Waals surface area contributed by atoms with E-state index in [-0.39, 0.29) is 0 Å². The summed E-state index contributed by atoms with van der Waals surface area (Å²) in [5.74, 6) is 1.24. The lowest BCUT2D eigenvalue weighted by Gasteiger charge is -2.06. The van der Waals surface area contributed by atoms with Gasteiger partial charge in [-0.3, -0.25) is 0 Å². The van der Waals surface area contributed by atoms with E-state index in [0.29, 0.717) is 16.2 Å². The largest absolute Gasteiger partial charge is 0.394 e. The van der Waals surface area contributed by atoms with Crippen LogP contribution in [0.15, 0.2) is 9.13 Å². The van der Waals surface area contributed by atoms with E-state index in [1.807, 2.05) is 0 Å². The van der Waals surface area contributed by atoms with Crippen molar-refractivity contribution in [3.05, 3.63) is 10.4 Å². The van der Waals surface area contributed by atoms with Crippen LogP contribution < -0.4 is 5.73 Å². The van der Waals surface area contributed by atoms with Crippen molar-refractivity contribution in [3.63, 3.8) is 0 Å². The molecule has 2 rings (SSSR count). The molecule has 5 heteroatoms. The van der Waals surface area contributed by atoms with Crippen molar-refractivity contribution in [1.29, 1.82) is 0 Å². The average molecular weight is 246 g/mol. The van der Waals surface area contributed by atoms with E-state index >= 15 is 0 Å². The Bertz CT molecular complexity index is 312. The Morgan fingerprint density at radius 3 is 2.92 bits per heavy atom. The zero-order valence-electron chi connectivity index (χ0n) is 7.46. The summed E-state index contributed by atoms with van der Waals surface area (Å²) in [5.41, 5.74) is 6.46. The second-order valence-corrected chi connectivity index (χ2v) is 4.25. The molecule has 0 amide bonds. The van der Waals surface area contributed by atoms with Gasteiger partial charge in [0.2, 0.25) is 0 Å². The summed E-state index contributed by atoms with van der Waals surface area (Å²) in [5, 5.41) is 3.78. The van der Waals surface area contributed by atoms with Crippen molar-refractivity contribution in [2.24, 2.45) is 0 Å². The maximum absolute atomic E-state index is 5.81. The fourth-order valence-electron chi connectivity index (χ4n) is 1.73. The molecule has 1 aromatic heterocycles. The Morgan fingerprint density at radius 1 is 1.69 bits per heavy atom. The van der Waals surface area contributed by atoms with Crippen molar-refractivity contribution in [2.45, 2.75) is 12.3 Å². The van der Waals surface area contributed by atoms with Crippen molar-refractivity contribution in [2.75, 3.05) is 25.9 Å². The first kappa shape index (κ1) is 9.02. The summed E-state index contributed by atoms with van der Waals surface area (Å²) in [6, 6.07) is 0. The normalized spacial score (nSPS) is 24.0. The second-order valence-electron chi connectivity index (χ2n) is 3.50. The maximum atomic E-state index is 5.81. The molecule has 2 heterocycles. The minimum Gasteiger partial charge on any atom is -0.394 e. The number of nitrogen functional groups attached to an aromatic ring is 1. The van der Waals surface area contributed by atoms with Gasteiger partial charge in [-0.2, -0.15) is 0 Å². The highest BCUT2D eigenvalue weighted by Gasteiger charge is 2.27. The van der Waals surface area contributed by atoms with Gasteiger partial charge in [0, 0.05) is 12.5 Å². The van der Waals surface area contributed by atoms with Crippen LogP contribution in [0.25, 0.3) is 0 Å². The summed E-state index contributed by atoms with van der Waals surface area (Å²) in [6.07, 6.45) is 1.10. The number of likely N-dealkylation sites (tertiary alicyclic amines) is 1. The lowest BCUT2D eigenvalue weighted by Crippen LogP contribution is -2.13. The maximum Gasteiger partial charge on any atom is 0.172 e. The van der Waals surface area contributed by atoms with Crippen molar-refractivity contribution in [1.82, 2.24) is 10.1 Å². The molecule has 72 valence electrons. The van der Waals surface area contributed by atoms with Crippen LogP contribution in [0.1, 0.15) is 18.1 Å². The first-order chi connectivity index (χ1) is 6.18. The van der Waals surface area contributed by atoms with E-state index in [4.69, 9.17) is 10.3 Å². The summed E-state index contributed by atoms with van der Waals surface area (Å²) in [4.78, 5) is 2.26. The molecule has 1 saturated heterocycles. The van der Waals surface area contributed by atoms with E-state index in [0.717, 1.165) is 25.3 Å². The third-order valence-electron chi connectivity index (χ3n) is 2.47. The zero-order chi connectivity index (χ0) is 9.42. The van der Waals surface area contributed by atoms with Gasteiger partial charge in [-0.1, -0.05) is 5.16 Å². The van der Waals surface area contributed by atoms with Gasteiger partial charge in [0.15, 0.2) is 10.4 Å². The van der Waals surface area contributed by atoms with Gasteiger partial charge in [-0.05, 0) is 35.9 Å². The first-order valence-electron chi connectivity index (χ1n) is 4.27. The van der Waals surface area contributed by atoms with Crippen LogP contribution in [-0.2, 0) is 0 Å². The molecule has 1 aliphatic rings. The molecule has 0 aliphatic carbocycles. The van der Waals surface area contributed by atoms with Gasteiger partial charge in [-0.25, -0.2) is 0 Å². The van der Waals surface area contributed by atoms with Crippen LogP contribution in [0.5, 0.6) is 0 Å². The van der Waals surface area contributed by atoms with E-state index in [1.165, 1.54) is 0 Å². The summed E-state index contributed by atoms with van der Waals surface area (Å²) >= 11 is 3.23. The summed E-state index contributed by atoms with van der Waals surface area (Å²) < 4.78 is 5.80. The Morgan fingerprint density at radius 2 is 2.46 bits per heavy atom. The SMILES string of the molecule is CN1CCC(c2onc(Br)c2N)C1. The Hall–Kier alpha value is -0.550. The van der Waals surface area contributed by atoms with Crippen LogP contribution in [0.4, 0.5) is 5.69 Å². The predicted molar refractivity (Wildman–Crippen MR) is 53.5 cm³/mol. The quantitative estimate of drug-likeness (QED) is 0.814. The molecule has 1 unspecified atom stereocenters. The second kappa shape index (κ2) is 3.31. The highest BCUT2D eigenvalue weighted by molar-refractivity contribution is 9.10. The van der Waals surface area contributed by atoms with Crippen molar-refractivity contribution in [3.8, 4) is 0 Å². The third kappa shape index (κ3) is 1.58. The first-order valence-corrected chi connectivity index (χ1v) is 5.07. The third-order valence-corrected chi connectivity index (χ3v) is 3.05. The zero-order valence-corrected chi connectivity index (χ0v) is 9.04. The smallest absolute Gasteiger partial charge is 0.172 e. The minimum atomic E-state index is 0.406. The van der Waals surface area contributed by atoms with E-state index in [9.17, 15) is 0 Å². The number of nitrogens with zero attached hydrogens (tertiary/aromatic N) is 2. The molecule has 0 radical (unpaired) electrons. The van der Waals surface area contributed by atoms with Crippen LogP contribution in [0.3, 0.4) is 0 Å². The molecule has 0 aromatic carbocycles. The molecule has 0 bridgehead atoms. The fourth-order valence-corrected chi connectivity index (χ4v) is 2.00. The van der Waals surface area contributed by atoms with Gasteiger partial charge in [0.25, 0.3) is 0 Å². The lowest BCUT2D eigenvalue weighted by atomic mass is 10.1. The topological polar surface area (TPSA) is 55.3 Å². The number of aromatic nitrogens is 1. The average Bonchev–Trinajstić information content (AvgIpc) is 2.62. The van der Waals surface area contributed by atoms with Crippen molar-refractivity contribution < 1.29 is 4.52 Å². The summed E-state index contributed by atoms with van der Waals surface area (Å²) in [7, 11) is 2.10. The van der Waals surface area contributed by atoms with Crippen LogP contribution >= 0.6 is 15.9 Å². The number of anilines is 1. The predicted octanol–water partition coefficient (Wildman–Crippen LogP) is 1.44. The van der Waals surface area contributed by atoms with Crippen LogP contribution in [0.2, 0.25) is 0 Å². The molecule has 0 saturated carbocycles. The fraction of sp³-hybridized carbons (Fsp3) is 0.625. The Labute approximate surface area is 85.2 Å². The molecule has 0 spiro atoms. The highest BCUT2D eigenvalue weighted by atomic mass is 79.9. The number of hydrogen-bond donors (Lipinski definition) is 1. The molecule has 13 heavy (non-hydrogen) atoms. The Balaban J connectivity index is 2.21. The van der Waals surface area contributed by atoms with Gasteiger partial charge in [0.1, 0.15) is 5.69 Å². The molecule has 4 nitrogen and oxygen atoms in total. The standard InChI is InChI=1S/C8H12BrN3O/c1-12-3-2-5(4-12)7-6(10)8(9)11-13-7/h5H,2-4,10H2,1H3. The Kier molecular flexibility index (Phi) is 2.29. The molecular weight excluding hydrogens is 234 g/mol. The van der Waals surface area contributed by atoms with Gasteiger partial charge < -0.3 is 15.2 Å². The monoisotopic (exact) mass is 245 g/mol. The van der Waals surface area contributed by atoms with Gasteiger partial charge in [0.05, 0.1) is 0 Å². The van der Waals surface area contributed by atoms with Gasteiger partial charge >= 0.3 is 0 Å². The number of halogens is 1. The number of rotatable bonds is 1. The molecule has 2 N–H and O–H groups in total. The number of nitrogens with two attached hydrogens (primary N) is 1.